The second kappa shape index (κ2) is 7.09. The molecule has 3 aromatic carbocycles. The van der Waals surface area contributed by atoms with Crippen LogP contribution in [0.25, 0.3) is 0 Å². The van der Waals surface area contributed by atoms with Gasteiger partial charge in [-0.05, 0) is 47.9 Å². The minimum Gasteiger partial charge on any atom is -0.0622 e. The van der Waals surface area contributed by atoms with E-state index >= 15 is 0 Å². The third-order valence-corrected chi connectivity index (χ3v) is 4.28. The third-order valence-electron chi connectivity index (χ3n) is 4.28. The molecule has 0 heteroatoms. The first-order valence-electron chi connectivity index (χ1n) is 7.96. The van der Waals surface area contributed by atoms with Gasteiger partial charge in [0.15, 0.2) is 0 Å². The van der Waals surface area contributed by atoms with Gasteiger partial charge in [-0.15, -0.1) is 0 Å². The number of aryl methyl sites for hydroxylation is 1. The lowest BCUT2D eigenvalue weighted by Crippen LogP contribution is -2.08. The summed E-state index contributed by atoms with van der Waals surface area (Å²) in [6, 6.07) is 30.4. The molecule has 0 aliphatic rings. The van der Waals surface area contributed by atoms with E-state index in [1.807, 2.05) is 0 Å². The van der Waals surface area contributed by atoms with Gasteiger partial charge in [0, 0.05) is 0 Å². The van der Waals surface area contributed by atoms with Gasteiger partial charge in [0.25, 0.3) is 0 Å². The van der Waals surface area contributed by atoms with Crippen LogP contribution in [-0.2, 0) is 12.8 Å². The highest BCUT2D eigenvalue weighted by Gasteiger charge is 2.15. The summed E-state index contributed by atoms with van der Waals surface area (Å²) < 4.78 is 0. The molecule has 0 amide bonds. The van der Waals surface area contributed by atoms with Crippen molar-refractivity contribution in [2.45, 2.75) is 25.7 Å². The molecule has 0 heterocycles. The Kier molecular flexibility index (Phi) is 4.70. The molecule has 3 rings (SSSR count). The monoisotopic (exact) mass is 286 g/mol. The van der Waals surface area contributed by atoms with Crippen molar-refractivity contribution >= 4 is 0 Å². The van der Waals surface area contributed by atoms with Gasteiger partial charge in [-0.25, -0.2) is 0 Å². The summed E-state index contributed by atoms with van der Waals surface area (Å²) >= 11 is 0. The van der Waals surface area contributed by atoms with Crippen LogP contribution in [0.5, 0.6) is 0 Å². The number of rotatable bonds is 5. The van der Waals surface area contributed by atoms with Crippen molar-refractivity contribution in [3.05, 3.63) is 107 Å². The number of hydrogen-bond acceptors (Lipinski definition) is 0. The van der Waals surface area contributed by atoms with Gasteiger partial charge in [0.05, 0.1) is 0 Å². The average Bonchev–Trinajstić information content (AvgIpc) is 2.57. The molecular formula is C22H22. The maximum absolute atomic E-state index is 2.28. The van der Waals surface area contributed by atoms with Crippen LogP contribution in [0.3, 0.4) is 0 Å². The van der Waals surface area contributed by atoms with Crippen LogP contribution in [0.15, 0.2) is 84.9 Å². The fourth-order valence-electron chi connectivity index (χ4n) is 3.13. The van der Waals surface area contributed by atoms with Gasteiger partial charge in [-0.3, -0.25) is 0 Å². The number of hydrogen-bond donors (Lipinski definition) is 0. The molecule has 0 saturated carbocycles. The maximum atomic E-state index is 2.28. The zero-order chi connectivity index (χ0) is 15.2. The Bertz CT molecular complexity index is 657. The highest BCUT2D eigenvalue weighted by atomic mass is 14.2. The molecular weight excluding hydrogens is 264 g/mol. The first kappa shape index (κ1) is 14.6. The molecule has 0 saturated heterocycles. The average molecular weight is 286 g/mol. The van der Waals surface area contributed by atoms with E-state index in [9.17, 15) is 0 Å². The Labute approximate surface area is 133 Å². The SMILES string of the molecule is Cc1ccccc1C(Cc1ccccc1)Cc1ccccc1. The van der Waals surface area contributed by atoms with Crippen molar-refractivity contribution in [2.75, 3.05) is 0 Å². The molecule has 22 heavy (non-hydrogen) atoms. The zero-order valence-electron chi connectivity index (χ0n) is 13.1. The van der Waals surface area contributed by atoms with Gasteiger partial charge < -0.3 is 0 Å². The first-order chi connectivity index (χ1) is 10.8. The van der Waals surface area contributed by atoms with Crippen LogP contribution in [0, 0.1) is 6.92 Å². The predicted octanol–water partition coefficient (Wildman–Crippen LogP) is 5.56. The van der Waals surface area contributed by atoms with Gasteiger partial charge in [-0.2, -0.15) is 0 Å². The second-order valence-electron chi connectivity index (χ2n) is 5.93. The molecule has 0 spiro atoms. The van der Waals surface area contributed by atoms with E-state index in [0.29, 0.717) is 5.92 Å². The van der Waals surface area contributed by atoms with Crippen LogP contribution in [0.4, 0.5) is 0 Å². The van der Waals surface area contributed by atoms with Crippen molar-refractivity contribution in [2.24, 2.45) is 0 Å². The zero-order valence-corrected chi connectivity index (χ0v) is 13.1. The van der Waals surface area contributed by atoms with E-state index in [-0.39, 0.29) is 0 Å². The van der Waals surface area contributed by atoms with Crippen LogP contribution in [0.2, 0.25) is 0 Å². The quantitative estimate of drug-likeness (QED) is 0.575. The summed E-state index contributed by atoms with van der Waals surface area (Å²) in [6.45, 7) is 2.22. The Morgan fingerprint density at radius 1 is 0.591 bits per heavy atom. The Balaban J connectivity index is 1.90. The largest absolute Gasteiger partial charge is 0.0622 e. The molecule has 0 fully saturated rings. The van der Waals surface area contributed by atoms with Gasteiger partial charge in [-0.1, -0.05) is 84.9 Å². The van der Waals surface area contributed by atoms with Crippen LogP contribution in [-0.4, -0.2) is 0 Å². The molecule has 0 bridgehead atoms. The van der Waals surface area contributed by atoms with Crippen LogP contribution in [0.1, 0.15) is 28.2 Å². The highest BCUT2D eigenvalue weighted by Crippen LogP contribution is 2.27. The Hall–Kier alpha value is -2.34. The standard InChI is InChI=1S/C22H22/c1-18-10-8-9-15-22(18)21(16-19-11-4-2-5-12-19)17-20-13-6-3-7-14-20/h2-15,21H,16-17H2,1H3. The van der Waals surface area contributed by atoms with E-state index in [2.05, 4.69) is 91.9 Å². The summed E-state index contributed by atoms with van der Waals surface area (Å²) in [4.78, 5) is 0. The molecule has 0 radical (unpaired) electrons. The molecule has 0 N–H and O–H groups in total. The minimum atomic E-state index is 0.519. The normalized spacial score (nSPS) is 10.8. The fourth-order valence-corrected chi connectivity index (χ4v) is 3.13. The molecule has 0 nitrogen and oxygen atoms in total. The topological polar surface area (TPSA) is 0 Å². The molecule has 0 aliphatic carbocycles. The summed E-state index contributed by atoms with van der Waals surface area (Å²) in [6.07, 6.45) is 2.17. The summed E-state index contributed by atoms with van der Waals surface area (Å²) in [7, 11) is 0. The molecule has 0 unspecified atom stereocenters. The maximum Gasteiger partial charge on any atom is -0.00784 e. The summed E-state index contributed by atoms with van der Waals surface area (Å²) in [5.74, 6) is 0.519. The summed E-state index contributed by atoms with van der Waals surface area (Å²) in [5.41, 5.74) is 5.67. The van der Waals surface area contributed by atoms with Gasteiger partial charge in [0.1, 0.15) is 0 Å². The Morgan fingerprint density at radius 3 is 1.55 bits per heavy atom. The van der Waals surface area contributed by atoms with E-state index in [4.69, 9.17) is 0 Å². The van der Waals surface area contributed by atoms with E-state index in [1.54, 1.807) is 0 Å². The van der Waals surface area contributed by atoms with Crippen LogP contribution >= 0.6 is 0 Å². The first-order valence-corrected chi connectivity index (χ1v) is 7.96. The predicted molar refractivity (Wildman–Crippen MR) is 94.2 cm³/mol. The van der Waals surface area contributed by atoms with Crippen molar-refractivity contribution in [1.29, 1.82) is 0 Å². The minimum absolute atomic E-state index is 0.519. The lowest BCUT2D eigenvalue weighted by molar-refractivity contribution is 0.676. The second-order valence-corrected chi connectivity index (χ2v) is 5.93. The highest BCUT2D eigenvalue weighted by molar-refractivity contribution is 5.33. The van der Waals surface area contributed by atoms with Gasteiger partial charge in [0.2, 0.25) is 0 Å². The van der Waals surface area contributed by atoms with Crippen molar-refractivity contribution in [1.82, 2.24) is 0 Å². The summed E-state index contributed by atoms with van der Waals surface area (Å²) in [5, 5.41) is 0. The van der Waals surface area contributed by atoms with Crippen molar-refractivity contribution in [3.8, 4) is 0 Å². The Morgan fingerprint density at radius 2 is 1.05 bits per heavy atom. The number of benzene rings is 3. The van der Waals surface area contributed by atoms with E-state index in [0.717, 1.165) is 12.8 Å². The van der Waals surface area contributed by atoms with E-state index < -0.39 is 0 Å². The molecule has 110 valence electrons. The molecule has 3 aromatic rings. The molecule has 0 aromatic heterocycles. The van der Waals surface area contributed by atoms with Gasteiger partial charge >= 0.3 is 0 Å². The lowest BCUT2D eigenvalue weighted by Gasteiger charge is -2.20. The van der Waals surface area contributed by atoms with Crippen molar-refractivity contribution in [3.63, 3.8) is 0 Å². The fraction of sp³-hybridized carbons (Fsp3) is 0.182. The molecule has 0 aliphatic heterocycles. The van der Waals surface area contributed by atoms with Crippen LogP contribution < -0.4 is 0 Å². The molecule has 0 atom stereocenters. The van der Waals surface area contributed by atoms with E-state index in [1.165, 1.54) is 22.3 Å². The lowest BCUT2D eigenvalue weighted by atomic mass is 9.84. The smallest absolute Gasteiger partial charge is 0.00784 e. The van der Waals surface area contributed by atoms with Crippen molar-refractivity contribution < 1.29 is 0 Å². The third kappa shape index (κ3) is 3.65.